The van der Waals surface area contributed by atoms with Crippen LogP contribution in [0.4, 0.5) is 5.69 Å². The van der Waals surface area contributed by atoms with Crippen LogP contribution in [0.15, 0.2) is 42.5 Å². The van der Waals surface area contributed by atoms with Crippen LogP contribution in [0.5, 0.6) is 11.5 Å². The Balaban J connectivity index is 1.32. The molecule has 0 saturated carbocycles. The largest absolute Gasteiger partial charge is 0.490 e. The highest BCUT2D eigenvalue weighted by Crippen LogP contribution is 2.32. The van der Waals surface area contributed by atoms with Gasteiger partial charge in [-0.05, 0) is 49.2 Å². The van der Waals surface area contributed by atoms with E-state index >= 15 is 0 Å². The second-order valence-corrected chi connectivity index (χ2v) is 10.5. The minimum Gasteiger partial charge on any atom is -0.490 e. The highest BCUT2D eigenvalue weighted by molar-refractivity contribution is 7.89. The molecule has 1 amide bonds. The minimum absolute atomic E-state index is 0.358. The first kappa shape index (κ1) is 23.4. The van der Waals surface area contributed by atoms with Crippen molar-refractivity contribution in [3.63, 3.8) is 0 Å². The van der Waals surface area contributed by atoms with E-state index in [4.69, 9.17) is 9.47 Å². The summed E-state index contributed by atoms with van der Waals surface area (Å²) in [5.41, 5.74) is 3.09. The Morgan fingerprint density at radius 3 is 2.48 bits per heavy atom. The predicted octanol–water partition coefficient (Wildman–Crippen LogP) is 2.49. The molecule has 1 saturated heterocycles. The normalized spacial score (nSPS) is 17.8. The van der Waals surface area contributed by atoms with E-state index in [1.807, 2.05) is 50.2 Å². The topological polar surface area (TPSA) is 88.2 Å². The van der Waals surface area contributed by atoms with Gasteiger partial charge in [-0.3, -0.25) is 4.79 Å². The maximum absolute atomic E-state index is 12.9. The summed E-state index contributed by atoms with van der Waals surface area (Å²) in [6.45, 7) is 6.96. The van der Waals surface area contributed by atoms with Crippen molar-refractivity contribution in [2.75, 3.05) is 50.0 Å². The molecule has 0 aliphatic carbocycles. The van der Waals surface area contributed by atoms with Gasteiger partial charge >= 0.3 is 0 Å². The Hall–Kier alpha value is -2.78. The smallest absolute Gasteiger partial charge is 0.237 e. The van der Waals surface area contributed by atoms with Gasteiger partial charge in [-0.15, -0.1) is 0 Å². The lowest BCUT2D eigenvalue weighted by atomic mass is 10.1. The summed E-state index contributed by atoms with van der Waals surface area (Å²) in [4.78, 5) is 14.7. The van der Waals surface area contributed by atoms with E-state index in [0.29, 0.717) is 50.9 Å². The number of carbonyl (C=O) groups excluding carboxylic acids is 1. The predicted molar refractivity (Wildman–Crippen MR) is 127 cm³/mol. The molecule has 0 radical (unpaired) electrons. The number of benzene rings is 2. The molecule has 2 aliphatic heterocycles. The summed E-state index contributed by atoms with van der Waals surface area (Å²) in [5.74, 6) is 0.245. The summed E-state index contributed by atoms with van der Waals surface area (Å²) in [6.07, 6.45) is 0.813. The van der Waals surface area contributed by atoms with Gasteiger partial charge in [-0.25, -0.2) is 8.42 Å². The third kappa shape index (κ3) is 5.78. The van der Waals surface area contributed by atoms with Gasteiger partial charge in [0.15, 0.2) is 11.5 Å². The minimum atomic E-state index is -3.69. The number of rotatable bonds is 6. The SMILES string of the molecule is Cc1cccc(N2CCN(S(=O)(=O)CC(=O)NC(C)c3ccc4c(c3)OCCCO4)CC2)c1. The second kappa shape index (κ2) is 10.0. The quantitative estimate of drug-likeness (QED) is 0.694. The molecule has 1 fully saturated rings. The first-order valence-corrected chi connectivity index (χ1v) is 12.9. The van der Waals surface area contributed by atoms with Crippen LogP contribution >= 0.6 is 0 Å². The zero-order chi connectivity index (χ0) is 23.4. The lowest BCUT2D eigenvalue weighted by Gasteiger charge is -2.35. The number of anilines is 1. The van der Waals surface area contributed by atoms with Crippen LogP contribution in [0.2, 0.25) is 0 Å². The zero-order valence-electron chi connectivity index (χ0n) is 19.1. The molecule has 0 spiro atoms. The van der Waals surface area contributed by atoms with Crippen molar-refractivity contribution in [2.45, 2.75) is 26.3 Å². The van der Waals surface area contributed by atoms with Crippen LogP contribution in [0.3, 0.4) is 0 Å². The Morgan fingerprint density at radius 2 is 1.76 bits per heavy atom. The van der Waals surface area contributed by atoms with Crippen LogP contribution in [0, 0.1) is 6.92 Å². The van der Waals surface area contributed by atoms with Crippen LogP contribution in [-0.4, -0.2) is 63.8 Å². The van der Waals surface area contributed by atoms with Crippen molar-refractivity contribution in [3.05, 3.63) is 53.6 Å². The molecule has 0 bridgehead atoms. The maximum Gasteiger partial charge on any atom is 0.237 e. The molecule has 8 nitrogen and oxygen atoms in total. The lowest BCUT2D eigenvalue weighted by Crippen LogP contribution is -2.50. The van der Waals surface area contributed by atoms with E-state index < -0.39 is 21.7 Å². The molecule has 1 N–H and O–H groups in total. The average Bonchev–Trinajstić information content (AvgIpc) is 3.03. The number of fused-ring (bicyclic) bond motifs is 1. The molecule has 33 heavy (non-hydrogen) atoms. The first-order valence-electron chi connectivity index (χ1n) is 11.3. The van der Waals surface area contributed by atoms with E-state index in [-0.39, 0.29) is 6.04 Å². The summed E-state index contributed by atoms with van der Waals surface area (Å²) in [6, 6.07) is 13.3. The second-order valence-electron chi connectivity index (χ2n) is 8.53. The molecule has 4 rings (SSSR count). The van der Waals surface area contributed by atoms with E-state index in [1.54, 1.807) is 0 Å². The van der Waals surface area contributed by atoms with Gasteiger partial charge < -0.3 is 19.7 Å². The number of sulfonamides is 1. The van der Waals surface area contributed by atoms with E-state index in [0.717, 1.165) is 17.7 Å². The van der Waals surface area contributed by atoms with Crippen molar-refractivity contribution < 1.29 is 22.7 Å². The summed E-state index contributed by atoms with van der Waals surface area (Å²) < 4.78 is 38.5. The Labute approximate surface area is 195 Å². The highest BCUT2D eigenvalue weighted by Gasteiger charge is 2.29. The lowest BCUT2D eigenvalue weighted by molar-refractivity contribution is -0.119. The third-order valence-corrected chi connectivity index (χ3v) is 7.74. The molecule has 1 unspecified atom stereocenters. The summed E-state index contributed by atoms with van der Waals surface area (Å²) in [5, 5.41) is 2.80. The molecule has 2 aromatic rings. The van der Waals surface area contributed by atoms with Crippen LogP contribution in [-0.2, 0) is 14.8 Å². The Kier molecular flexibility index (Phi) is 7.09. The number of piperazine rings is 1. The van der Waals surface area contributed by atoms with Crippen molar-refractivity contribution in [3.8, 4) is 11.5 Å². The highest BCUT2D eigenvalue weighted by atomic mass is 32.2. The Bertz CT molecular complexity index is 1100. The first-order chi connectivity index (χ1) is 15.8. The number of nitrogens with zero attached hydrogens (tertiary/aromatic N) is 2. The van der Waals surface area contributed by atoms with Gasteiger partial charge in [0.05, 0.1) is 19.3 Å². The molecule has 2 aliphatic rings. The number of carbonyl (C=O) groups is 1. The molecule has 9 heteroatoms. The average molecular weight is 474 g/mol. The number of hydrogen-bond acceptors (Lipinski definition) is 6. The van der Waals surface area contributed by atoms with Gasteiger partial charge in [-0.1, -0.05) is 18.2 Å². The molecule has 2 aromatic carbocycles. The molecular formula is C24H31N3O5S. The number of nitrogens with one attached hydrogen (secondary N) is 1. The molecule has 0 aromatic heterocycles. The number of amides is 1. The van der Waals surface area contributed by atoms with E-state index in [1.165, 1.54) is 9.87 Å². The van der Waals surface area contributed by atoms with Crippen LogP contribution in [0.1, 0.15) is 30.5 Å². The van der Waals surface area contributed by atoms with Crippen molar-refractivity contribution in [1.29, 1.82) is 0 Å². The third-order valence-electron chi connectivity index (χ3n) is 5.96. The fourth-order valence-corrected chi connectivity index (χ4v) is 5.44. The van der Waals surface area contributed by atoms with E-state index in [9.17, 15) is 13.2 Å². The van der Waals surface area contributed by atoms with Crippen LogP contribution in [0.25, 0.3) is 0 Å². The van der Waals surface area contributed by atoms with Crippen LogP contribution < -0.4 is 19.7 Å². The zero-order valence-corrected chi connectivity index (χ0v) is 19.9. The molecule has 178 valence electrons. The molecule has 1 atom stereocenters. The van der Waals surface area contributed by atoms with Gasteiger partial charge in [0.1, 0.15) is 5.75 Å². The van der Waals surface area contributed by atoms with Gasteiger partial charge in [0.2, 0.25) is 15.9 Å². The van der Waals surface area contributed by atoms with Gasteiger partial charge in [0, 0.05) is 38.3 Å². The standard InChI is InChI=1S/C24H31N3O5S/c1-18-5-3-6-21(15-18)26-9-11-27(12-10-26)33(29,30)17-24(28)25-19(2)20-7-8-22-23(16-20)32-14-4-13-31-22/h3,5-8,15-16,19H,4,9-14,17H2,1-2H3,(H,25,28). The van der Waals surface area contributed by atoms with Gasteiger partial charge in [0.25, 0.3) is 0 Å². The monoisotopic (exact) mass is 473 g/mol. The fraction of sp³-hybridized carbons (Fsp3) is 0.458. The van der Waals surface area contributed by atoms with Crippen molar-refractivity contribution in [1.82, 2.24) is 9.62 Å². The summed E-state index contributed by atoms with van der Waals surface area (Å²) in [7, 11) is -3.69. The maximum atomic E-state index is 12.9. The van der Waals surface area contributed by atoms with Gasteiger partial charge in [-0.2, -0.15) is 4.31 Å². The fourth-order valence-electron chi connectivity index (χ4n) is 4.12. The number of aryl methyl sites for hydroxylation is 1. The molecule has 2 heterocycles. The summed E-state index contributed by atoms with van der Waals surface area (Å²) >= 11 is 0. The molecular weight excluding hydrogens is 442 g/mol. The number of ether oxygens (including phenoxy) is 2. The van der Waals surface area contributed by atoms with Crippen molar-refractivity contribution in [2.24, 2.45) is 0 Å². The Morgan fingerprint density at radius 1 is 1.03 bits per heavy atom. The van der Waals surface area contributed by atoms with E-state index in [2.05, 4.69) is 16.3 Å². The van der Waals surface area contributed by atoms with Crippen molar-refractivity contribution >= 4 is 21.6 Å². The number of hydrogen-bond donors (Lipinski definition) is 1.